The highest BCUT2D eigenvalue weighted by molar-refractivity contribution is 5.92. The van der Waals surface area contributed by atoms with Gasteiger partial charge in [-0.3, -0.25) is 9.69 Å². The van der Waals surface area contributed by atoms with Crippen LogP contribution >= 0.6 is 0 Å². The van der Waals surface area contributed by atoms with Gasteiger partial charge in [0.2, 0.25) is 5.91 Å². The maximum atomic E-state index is 12.0. The Bertz CT molecular complexity index is 503. The topological polar surface area (TPSA) is 68.2 Å². The first-order valence-corrected chi connectivity index (χ1v) is 6.90. The Labute approximate surface area is 119 Å². The van der Waals surface area contributed by atoms with E-state index >= 15 is 0 Å². The summed E-state index contributed by atoms with van der Waals surface area (Å²) in [6.07, 6.45) is 2.15. The lowest BCUT2D eigenvalue weighted by Crippen LogP contribution is -2.44. The molecule has 5 nitrogen and oxygen atoms in total. The second-order valence-electron chi connectivity index (χ2n) is 5.14. The summed E-state index contributed by atoms with van der Waals surface area (Å²) in [4.78, 5) is 14.1. The number of nitriles is 1. The van der Waals surface area contributed by atoms with Gasteiger partial charge in [-0.2, -0.15) is 5.26 Å². The van der Waals surface area contributed by atoms with E-state index < -0.39 is 0 Å². The highest BCUT2D eigenvalue weighted by atomic mass is 16.2. The van der Waals surface area contributed by atoms with Crippen LogP contribution in [-0.4, -0.2) is 43.5 Å². The third-order valence-electron chi connectivity index (χ3n) is 3.60. The third kappa shape index (κ3) is 4.05. The molecule has 2 N–H and O–H groups in total. The SMILES string of the molecule is CN(CC(=O)Nc1cccc(C#N)c1)C1CCNCC1. The Morgan fingerprint density at radius 1 is 1.50 bits per heavy atom. The Kier molecular flexibility index (Phi) is 5.10. The molecule has 1 aromatic rings. The fourth-order valence-electron chi connectivity index (χ4n) is 2.47. The molecule has 2 rings (SSSR count). The summed E-state index contributed by atoms with van der Waals surface area (Å²) < 4.78 is 0. The van der Waals surface area contributed by atoms with Gasteiger partial charge in [0.25, 0.3) is 0 Å². The van der Waals surface area contributed by atoms with E-state index in [1.54, 1.807) is 24.3 Å². The maximum Gasteiger partial charge on any atom is 0.238 e. The average Bonchev–Trinajstić information content (AvgIpc) is 2.48. The van der Waals surface area contributed by atoms with Crippen LogP contribution in [0.4, 0.5) is 5.69 Å². The summed E-state index contributed by atoms with van der Waals surface area (Å²) in [5.74, 6) is -0.0406. The molecule has 0 aromatic heterocycles. The minimum absolute atomic E-state index is 0.0406. The van der Waals surface area contributed by atoms with Gasteiger partial charge >= 0.3 is 0 Å². The van der Waals surface area contributed by atoms with Crippen molar-refractivity contribution in [2.45, 2.75) is 18.9 Å². The van der Waals surface area contributed by atoms with Crippen molar-refractivity contribution in [2.24, 2.45) is 0 Å². The van der Waals surface area contributed by atoms with Crippen molar-refractivity contribution in [3.8, 4) is 6.07 Å². The van der Waals surface area contributed by atoms with Crippen LogP contribution in [0.3, 0.4) is 0 Å². The van der Waals surface area contributed by atoms with E-state index in [-0.39, 0.29) is 5.91 Å². The first kappa shape index (κ1) is 14.5. The molecule has 0 spiro atoms. The number of piperidine rings is 1. The van der Waals surface area contributed by atoms with Gasteiger partial charge < -0.3 is 10.6 Å². The fourth-order valence-corrected chi connectivity index (χ4v) is 2.47. The second kappa shape index (κ2) is 7.04. The zero-order valence-corrected chi connectivity index (χ0v) is 11.7. The van der Waals surface area contributed by atoms with Crippen LogP contribution in [0.15, 0.2) is 24.3 Å². The van der Waals surface area contributed by atoms with E-state index in [2.05, 4.69) is 21.6 Å². The van der Waals surface area contributed by atoms with Gasteiger partial charge in [0, 0.05) is 11.7 Å². The summed E-state index contributed by atoms with van der Waals surface area (Å²) in [7, 11) is 1.99. The fraction of sp³-hybridized carbons (Fsp3) is 0.467. The smallest absolute Gasteiger partial charge is 0.238 e. The van der Waals surface area contributed by atoms with Crippen molar-refractivity contribution in [2.75, 3.05) is 32.0 Å². The van der Waals surface area contributed by atoms with E-state index in [0.29, 0.717) is 23.8 Å². The largest absolute Gasteiger partial charge is 0.325 e. The van der Waals surface area contributed by atoms with Crippen molar-refractivity contribution in [1.29, 1.82) is 5.26 Å². The van der Waals surface area contributed by atoms with E-state index in [4.69, 9.17) is 5.26 Å². The van der Waals surface area contributed by atoms with Gasteiger partial charge in [-0.05, 0) is 51.2 Å². The predicted molar refractivity (Wildman–Crippen MR) is 78.3 cm³/mol. The van der Waals surface area contributed by atoms with Crippen LogP contribution in [0.1, 0.15) is 18.4 Å². The molecule has 1 saturated heterocycles. The normalized spacial score (nSPS) is 15.8. The van der Waals surface area contributed by atoms with Crippen molar-refractivity contribution in [3.63, 3.8) is 0 Å². The van der Waals surface area contributed by atoms with E-state index in [1.807, 2.05) is 7.05 Å². The number of hydrogen-bond acceptors (Lipinski definition) is 4. The van der Waals surface area contributed by atoms with Gasteiger partial charge in [0.05, 0.1) is 18.2 Å². The van der Waals surface area contributed by atoms with Gasteiger partial charge in [0.1, 0.15) is 0 Å². The minimum atomic E-state index is -0.0406. The molecular formula is C15H20N4O. The first-order valence-electron chi connectivity index (χ1n) is 6.90. The minimum Gasteiger partial charge on any atom is -0.325 e. The lowest BCUT2D eigenvalue weighted by Gasteiger charge is -2.31. The Morgan fingerprint density at radius 3 is 2.95 bits per heavy atom. The molecule has 1 aliphatic rings. The van der Waals surface area contributed by atoms with Crippen LogP contribution in [0.25, 0.3) is 0 Å². The summed E-state index contributed by atoms with van der Waals surface area (Å²) >= 11 is 0. The number of nitrogens with zero attached hydrogens (tertiary/aromatic N) is 2. The van der Waals surface area contributed by atoms with Crippen LogP contribution in [0, 0.1) is 11.3 Å². The van der Waals surface area contributed by atoms with E-state index in [1.165, 1.54) is 0 Å². The average molecular weight is 272 g/mol. The molecule has 1 aromatic carbocycles. The zero-order chi connectivity index (χ0) is 14.4. The molecule has 0 saturated carbocycles. The van der Waals surface area contributed by atoms with Crippen molar-refractivity contribution in [3.05, 3.63) is 29.8 Å². The summed E-state index contributed by atoms with van der Waals surface area (Å²) in [5.41, 5.74) is 1.22. The number of carbonyl (C=O) groups is 1. The highest BCUT2D eigenvalue weighted by Gasteiger charge is 2.19. The van der Waals surface area contributed by atoms with E-state index in [0.717, 1.165) is 25.9 Å². The number of anilines is 1. The second-order valence-corrected chi connectivity index (χ2v) is 5.14. The van der Waals surface area contributed by atoms with Gasteiger partial charge in [-0.25, -0.2) is 0 Å². The molecule has 1 fully saturated rings. The summed E-state index contributed by atoms with van der Waals surface area (Å²) in [6, 6.07) is 9.50. The molecule has 20 heavy (non-hydrogen) atoms. The van der Waals surface area contributed by atoms with Crippen LogP contribution < -0.4 is 10.6 Å². The number of likely N-dealkylation sites (N-methyl/N-ethyl adjacent to an activating group) is 1. The quantitative estimate of drug-likeness (QED) is 0.863. The van der Waals surface area contributed by atoms with Crippen LogP contribution in [0.5, 0.6) is 0 Å². The number of rotatable bonds is 4. The molecule has 0 aliphatic carbocycles. The number of hydrogen-bond donors (Lipinski definition) is 2. The maximum absolute atomic E-state index is 12.0. The Hall–Kier alpha value is -1.90. The van der Waals surface area contributed by atoms with Gasteiger partial charge in [0.15, 0.2) is 0 Å². The highest BCUT2D eigenvalue weighted by Crippen LogP contribution is 2.12. The monoisotopic (exact) mass is 272 g/mol. The zero-order valence-electron chi connectivity index (χ0n) is 11.7. The molecule has 106 valence electrons. The number of amides is 1. The molecule has 0 bridgehead atoms. The summed E-state index contributed by atoms with van der Waals surface area (Å²) in [6.45, 7) is 2.41. The molecule has 0 radical (unpaired) electrons. The van der Waals surface area contributed by atoms with E-state index in [9.17, 15) is 4.79 Å². The molecule has 1 heterocycles. The van der Waals surface area contributed by atoms with Gasteiger partial charge in [-0.15, -0.1) is 0 Å². The van der Waals surface area contributed by atoms with Crippen molar-refractivity contribution in [1.82, 2.24) is 10.2 Å². The predicted octanol–water partition coefficient (Wildman–Crippen LogP) is 1.18. The standard InChI is InChI=1S/C15H20N4O/c1-19(14-5-7-17-8-6-14)11-15(20)18-13-4-2-3-12(9-13)10-16/h2-4,9,14,17H,5-8,11H2,1H3,(H,18,20). The first-order chi connectivity index (χ1) is 9.69. The van der Waals surface area contributed by atoms with Gasteiger partial charge in [-0.1, -0.05) is 6.07 Å². The Balaban J connectivity index is 1.86. The molecule has 1 aliphatic heterocycles. The lowest BCUT2D eigenvalue weighted by atomic mass is 10.1. The molecular weight excluding hydrogens is 252 g/mol. The van der Waals surface area contributed by atoms with Crippen molar-refractivity contribution < 1.29 is 4.79 Å². The molecule has 1 amide bonds. The lowest BCUT2D eigenvalue weighted by molar-refractivity contribution is -0.117. The summed E-state index contributed by atoms with van der Waals surface area (Å²) in [5, 5.41) is 15.0. The number of benzene rings is 1. The van der Waals surface area contributed by atoms with Crippen molar-refractivity contribution >= 4 is 11.6 Å². The number of carbonyl (C=O) groups excluding carboxylic acids is 1. The third-order valence-corrected chi connectivity index (χ3v) is 3.60. The van der Waals surface area contributed by atoms with Crippen LogP contribution in [-0.2, 0) is 4.79 Å². The Morgan fingerprint density at radius 2 is 2.25 bits per heavy atom. The molecule has 0 unspecified atom stereocenters. The molecule has 0 atom stereocenters. The number of nitrogens with one attached hydrogen (secondary N) is 2. The molecule has 5 heteroatoms. The van der Waals surface area contributed by atoms with Crippen LogP contribution in [0.2, 0.25) is 0 Å².